The van der Waals surface area contributed by atoms with Gasteiger partial charge in [0.1, 0.15) is 11.1 Å². The molecule has 0 N–H and O–H groups in total. The fourth-order valence-electron chi connectivity index (χ4n) is 2.34. The zero-order valence-electron chi connectivity index (χ0n) is 10.8. The number of carbonyl (C=O) groups is 1. The molecule has 0 bridgehead atoms. The molecule has 8 heteroatoms. The smallest absolute Gasteiger partial charge is 0.344 e. The van der Waals surface area contributed by atoms with Gasteiger partial charge < -0.3 is 4.74 Å². The molecule has 0 spiro atoms. The van der Waals surface area contributed by atoms with E-state index in [9.17, 15) is 27.2 Å². The molecule has 4 nitrogen and oxygen atoms in total. The lowest BCUT2D eigenvalue weighted by atomic mass is 9.71. The van der Waals surface area contributed by atoms with Crippen molar-refractivity contribution in [2.24, 2.45) is 4.99 Å². The number of isocyanates is 1. The lowest BCUT2D eigenvalue weighted by Crippen LogP contribution is -2.35. The van der Waals surface area contributed by atoms with E-state index in [2.05, 4.69) is 9.73 Å². The van der Waals surface area contributed by atoms with Crippen LogP contribution >= 0.6 is 0 Å². The van der Waals surface area contributed by atoms with Gasteiger partial charge in [-0.2, -0.15) is 4.99 Å². The molecule has 1 aliphatic rings. The lowest BCUT2D eigenvalue weighted by Gasteiger charge is -2.37. The van der Waals surface area contributed by atoms with Crippen LogP contribution in [0.4, 0.5) is 17.6 Å². The summed E-state index contributed by atoms with van der Waals surface area (Å²) in [5.74, 6) is -8.80. The van der Waals surface area contributed by atoms with Gasteiger partial charge in [-0.3, -0.25) is 0 Å². The van der Waals surface area contributed by atoms with Crippen molar-refractivity contribution < 1.29 is 31.9 Å². The normalized spacial score (nSPS) is 15.9. The van der Waals surface area contributed by atoms with E-state index >= 15 is 0 Å². The van der Waals surface area contributed by atoms with Crippen LogP contribution in [-0.4, -0.2) is 19.2 Å². The van der Waals surface area contributed by atoms with E-state index in [0.29, 0.717) is 6.42 Å². The summed E-state index contributed by atoms with van der Waals surface area (Å²) in [6, 6.07) is 0. The molecule has 21 heavy (non-hydrogen) atoms. The highest BCUT2D eigenvalue weighted by atomic mass is 19.2. The number of carbonyl (C=O) groups excluding carboxylic acids is 2. The van der Waals surface area contributed by atoms with Crippen LogP contribution in [0.15, 0.2) is 4.99 Å². The molecule has 1 aromatic rings. The van der Waals surface area contributed by atoms with E-state index in [1.54, 1.807) is 0 Å². The molecule has 0 atom stereocenters. The Morgan fingerprint density at radius 1 is 1.14 bits per heavy atom. The predicted octanol–water partition coefficient (Wildman–Crippen LogP) is 2.74. The predicted molar refractivity (Wildman–Crippen MR) is 61.3 cm³/mol. The largest absolute Gasteiger partial charge is 0.465 e. The Labute approximate surface area is 116 Å². The summed E-state index contributed by atoms with van der Waals surface area (Å²) in [5, 5.41) is 0. The summed E-state index contributed by atoms with van der Waals surface area (Å²) in [5.41, 5.74) is -4.13. The molecule has 1 aliphatic carbocycles. The molecule has 0 unspecified atom stereocenters. The Balaban J connectivity index is 2.76. The summed E-state index contributed by atoms with van der Waals surface area (Å²) >= 11 is 0. The van der Waals surface area contributed by atoms with Crippen molar-refractivity contribution >= 4 is 12.0 Å². The van der Waals surface area contributed by atoms with Crippen LogP contribution in [0.5, 0.6) is 0 Å². The van der Waals surface area contributed by atoms with Gasteiger partial charge in [-0.25, -0.2) is 27.2 Å². The average Bonchev–Trinajstić information content (AvgIpc) is 2.42. The maximum Gasteiger partial charge on any atom is 0.344 e. The Kier molecular flexibility index (Phi) is 3.82. The minimum absolute atomic E-state index is 0.0481. The summed E-state index contributed by atoms with van der Waals surface area (Å²) in [6.07, 6.45) is 1.73. The molecular weight excluding hydrogens is 294 g/mol. The molecule has 0 amide bonds. The van der Waals surface area contributed by atoms with E-state index in [1.165, 1.54) is 0 Å². The molecule has 0 heterocycles. The van der Waals surface area contributed by atoms with Crippen molar-refractivity contribution in [2.75, 3.05) is 7.11 Å². The van der Waals surface area contributed by atoms with Gasteiger partial charge in [0.25, 0.3) is 0 Å². The number of aliphatic imine (C=N–C) groups is 1. The van der Waals surface area contributed by atoms with E-state index in [4.69, 9.17) is 0 Å². The number of hydrogen-bond donors (Lipinski definition) is 0. The van der Waals surface area contributed by atoms with E-state index in [-0.39, 0.29) is 12.8 Å². The van der Waals surface area contributed by atoms with Crippen LogP contribution in [0.2, 0.25) is 0 Å². The number of hydrogen-bond acceptors (Lipinski definition) is 4. The third kappa shape index (κ3) is 2.12. The quantitative estimate of drug-likeness (QED) is 0.284. The Bertz CT molecular complexity index is 635. The van der Waals surface area contributed by atoms with Gasteiger partial charge in [0, 0.05) is 0 Å². The van der Waals surface area contributed by atoms with Crippen molar-refractivity contribution in [3.8, 4) is 0 Å². The van der Waals surface area contributed by atoms with Crippen molar-refractivity contribution in [1.29, 1.82) is 0 Å². The van der Waals surface area contributed by atoms with E-state index < -0.39 is 45.9 Å². The van der Waals surface area contributed by atoms with Gasteiger partial charge in [0.2, 0.25) is 6.08 Å². The SMILES string of the molecule is COC(=O)c1c(F)c(F)c(C2(N=C=O)CCC2)c(F)c1F. The number of rotatable bonds is 3. The van der Waals surface area contributed by atoms with Crippen molar-refractivity contribution in [3.05, 3.63) is 34.4 Å². The molecule has 1 saturated carbocycles. The minimum atomic E-state index is -1.87. The van der Waals surface area contributed by atoms with E-state index in [0.717, 1.165) is 13.2 Å². The number of esters is 1. The number of nitrogens with zero attached hydrogens (tertiary/aromatic N) is 1. The maximum absolute atomic E-state index is 14.1. The van der Waals surface area contributed by atoms with Crippen LogP contribution in [-0.2, 0) is 15.1 Å². The number of halogens is 4. The first kappa shape index (κ1) is 15.2. The van der Waals surface area contributed by atoms with Crippen LogP contribution in [0.1, 0.15) is 35.2 Å². The summed E-state index contributed by atoms with van der Waals surface area (Å²) in [4.78, 5) is 24.9. The lowest BCUT2D eigenvalue weighted by molar-refractivity contribution is 0.0586. The second kappa shape index (κ2) is 5.29. The summed E-state index contributed by atoms with van der Waals surface area (Å²) < 4.78 is 59.9. The van der Waals surface area contributed by atoms with Gasteiger partial charge in [0.05, 0.1) is 12.7 Å². The molecular formula is C13H9F4NO3. The first-order valence-corrected chi connectivity index (χ1v) is 5.93. The third-order valence-corrected chi connectivity index (χ3v) is 3.56. The van der Waals surface area contributed by atoms with Gasteiger partial charge >= 0.3 is 5.97 Å². The molecule has 2 rings (SSSR count). The summed E-state index contributed by atoms with van der Waals surface area (Å²) in [7, 11) is 0.815. The van der Waals surface area contributed by atoms with Crippen molar-refractivity contribution in [3.63, 3.8) is 0 Å². The fraction of sp³-hybridized carbons (Fsp3) is 0.385. The van der Waals surface area contributed by atoms with Crippen molar-refractivity contribution in [1.82, 2.24) is 0 Å². The highest BCUT2D eigenvalue weighted by Crippen LogP contribution is 2.47. The highest BCUT2D eigenvalue weighted by molar-refractivity contribution is 5.90. The average molecular weight is 303 g/mol. The second-order valence-electron chi connectivity index (χ2n) is 4.59. The first-order valence-electron chi connectivity index (χ1n) is 5.93. The molecule has 1 aromatic carbocycles. The number of benzene rings is 1. The number of ether oxygens (including phenoxy) is 1. The van der Waals surface area contributed by atoms with Crippen LogP contribution in [0.3, 0.4) is 0 Å². The van der Waals surface area contributed by atoms with Gasteiger partial charge in [-0.05, 0) is 19.3 Å². The first-order chi connectivity index (χ1) is 9.89. The monoisotopic (exact) mass is 303 g/mol. The van der Waals surface area contributed by atoms with E-state index in [1.807, 2.05) is 0 Å². The molecule has 0 saturated heterocycles. The highest BCUT2D eigenvalue weighted by Gasteiger charge is 2.46. The Morgan fingerprint density at radius 3 is 2.00 bits per heavy atom. The fourth-order valence-corrected chi connectivity index (χ4v) is 2.34. The maximum atomic E-state index is 14.1. The topological polar surface area (TPSA) is 55.7 Å². The Hall–Kier alpha value is -2.21. The molecule has 0 aliphatic heterocycles. The van der Waals surface area contributed by atoms with Crippen LogP contribution < -0.4 is 0 Å². The standard InChI is InChI=1S/C13H9F4NO3/c1-21-12(20)6-8(14)10(16)7(11(17)9(6)15)13(18-5-19)3-2-4-13/h2-4H2,1H3. The minimum Gasteiger partial charge on any atom is -0.465 e. The Morgan fingerprint density at radius 2 is 1.67 bits per heavy atom. The van der Waals surface area contributed by atoms with Crippen LogP contribution in [0.25, 0.3) is 0 Å². The van der Waals surface area contributed by atoms with Gasteiger partial charge in [-0.1, -0.05) is 0 Å². The van der Waals surface area contributed by atoms with Gasteiger partial charge in [-0.15, -0.1) is 0 Å². The molecule has 1 fully saturated rings. The number of methoxy groups -OCH3 is 1. The van der Waals surface area contributed by atoms with Crippen LogP contribution in [0, 0.1) is 23.3 Å². The summed E-state index contributed by atoms with van der Waals surface area (Å²) in [6.45, 7) is 0. The van der Waals surface area contributed by atoms with Crippen molar-refractivity contribution in [2.45, 2.75) is 24.8 Å². The molecule has 0 aromatic heterocycles. The zero-order valence-corrected chi connectivity index (χ0v) is 10.8. The molecule has 112 valence electrons. The van der Waals surface area contributed by atoms with Gasteiger partial charge in [0.15, 0.2) is 23.3 Å². The molecule has 0 radical (unpaired) electrons. The second-order valence-corrected chi connectivity index (χ2v) is 4.59. The third-order valence-electron chi connectivity index (χ3n) is 3.56. The zero-order chi connectivity index (χ0) is 15.8.